The lowest BCUT2D eigenvalue weighted by Crippen LogP contribution is -2.61. The number of hydrogen-bond acceptors (Lipinski definition) is 18. The first-order chi connectivity index (χ1) is 21.1. The Balaban J connectivity index is 1.61. The zero-order chi connectivity index (χ0) is 33.1. The van der Waals surface area contributed by atoms with Gasteiger partial charge in [-0.1, -0.05) is 0 Å². The number of aliphatic hydroxyl groups is 2. The van der Waals surface area contributed by atoms with Gasteiger partial charge in [0.2, 0.25) is 17.8 Å². The van der Waals surface area contributed by atoms with E-state index < -0.39 is 135 Å². The first-order valence-electron chi connectivity index (χ1n) is 12.5. The van der Waals surface area contributed by atoms with Crippen LogP contribution in [-0.2, 0) is 18.9 Å². The third-order valence-corrected chi connectivity index (χ3v) is 6.99. The minimum Gasteiger partial charge on any atom is -0.504 e. The van der Waals surface area contributed by atoms with Gasteiger partial charge in [0.25, 0.3) is 0 Å². The Labute approximate surface area is 248 Å². The van der Waals surface area contributed by atoms with Gasteiger partial charge in [-0.05, 0) is 24.3 Å². The average molecular weight is 634 g/mol. The Kier molecular flexibility index (Phi) is 7.49. The van der Waals surface area contributed by atoms with Crippen LogP contribution in [0.15, 0.2) is 24.3 Å². The van der Waals surface area contributed by atoms with Crippen LogP contribution in [0.3, 0.4) is 0 Å². The Morgan fingerprint density at radius 3 is 1.69 bits per heavy atom. The lowest BCUT2D eigenvalue weighted by molar-refractivity contribution is -0.284. The number of ether oxygens (including phenoxy) is 4. The smallest absolute Gasteiger partial charge is 0.340 e. The number of carbonyl (C=O) groups is 3. The van der Waals surface area contributed by atoms with Gasteiger partial charge in [0, 0.05) is 11.1 Å². The molecule has 2 bridgehead atoms. The van der Waals surface area contributed by atoms with E-state index in [0.717, 1.165) is 0 Å². The van der Waals surface area contributed by atoms with E-state index in [1.165, 1.54) is 0 Å². The van der Waals surface area contributed by atoms with Gasteiger partial charge in [0.05, 0.1) is 16.7 Å². The van der Waals surface area contributed by atoms with E-state index in [-0.39, 0.29) is 0 Å². The highest BCUT2D eigenvalue weighted by Gasteiger charge is 2.50. The Bertz CT molecular complexity index is 1730. The summed E-state index contributed by atoms with van der Waals surface area (Å²) in [5.41, 5.74) is -4.12. The lowest BCUT2D eigenvalue weighted by atomic mass is 9.91. The number of rotatable bonds is 2. The molecule has 0 aromatic heterocycles. The molecule has 2 aliphatic heterocycles. The summed E-state index contributed by atoms with van der Waals surface area (Å²) in [6.45, 7) is -0.947. The summed E-state index contributed by atoms with van der Waals surface area (Å²) in [5.74, 6) is -14.5. The summed E-state index contributed by atoms with van der Waals surface area (Å²) in [6, 6.07) is 2.45. The predicted octanol–water partition coefficient (Wildman–Crippen LogP) is -0.297. The third kappa shape index (κ3) is 5.07. The molecule has 0 spiro atoms. The molecule has 2 aliphatic rings. The summed E-state index contributed by atoms with van der Waals surface area (Å²) in [5, 5.41) is 113. The minimum atomic E-state index is -2.22. The maximum Gasteiger partial charge on any atom is 0.340 e. The molecule has 0 amide bonds. The lowest BCUT2D eigenvalue weighted by Gasteiger charge is -2.41. The molecule has 1 saturated heterocycles. The monoisotopic (exact) mass is 634 g/mol. The number of cyclic esters (lactones) is 1. The second-order valence-electron chi connectivity index (χ2n) is 9.79. The number of hydrogen-bond donors (Lipinski definition) is 11. The normalized spacial score (nSPS) is 22.9. The number of aliphatic hydroxyl groups excluding tert-OH is 2. The van der Waals surface area contributed by atoms with Gasteiger partial charge >= 0.3 is 17.9 Å². The molecule has 11 N–H and O–H groups in total. The van der Waals surface area contributed by atoms with Gasteiger partial charge in [0.15, 0.2) is 52.5 Å². The molecule has 0 unspecified atom stereocenters. The number of fused-ring (bicyclic) bond motifs is 5. The molecule has 5 rings (SSSR count). The van der Waals surface area contributed by atoms with E-state index in [0.29, 0.717) is 24.3 Å². The summed E-state index contributed by atoms with van der Waals surface area (Å²) >= 11 is 0. The fourth-order valence-electron chi connectivity index (χ4n) is 4.71. The van der Waals surface area contributed by atoms with Gasteiger partial charge in [-0.15, -0.1) is 0 Å². The zero-order valence-corrected chi connectivity index (χ0v) is 22.2. The van der Waals surface area contributed by atoms with Crippen molar-refractivity contribution in [2.45, 2.75) is 30.7 Å². The standard InChI is InChI=1S/C27H22O18/c28-9-1-6(2-10(29)16(9)32)24(39)45-27-22(38)23-19(35)13(43-27)5-42-25(40)7-3-11(30)17(33)20(36)14(7)15-8(26(41)44-23)4-12(31)18(34)21(15)37/h1-4,13,19,22-23,27-38H,5H2/t13-,19+,22+,23+,27+/m0/s1. The highest BCUT2D eigenvalue weighted by molar-refractivity contribution is 6.08. The zero-order valence-electron chi connectivity index (χ0n) is 22.2. The molecule has 18 nitrogen and oxygen atoms in total. The van der Waals surface area contributed by atoms with Crippen molar-refractivity contribution in [1.29, 1.82) is 0 Å². The van der Waals surface area contributed by atoms with Crippen LogP contribution in [0.1, 0.15) is 31.1 Å². The second-order valence-corrected chi connectivity index (χ2v) is 9.79. The number of aromatic hydroxyl groups is 9. The van der Waals surface area contributed by atoms with E-state index in [2.05, 4.69) is 0 Å². The molecule has 0 aliphatic carbocycles. The van der Waals surface area contributed by atoms with Gasteiger partial charge < -0.3 is 75.1 Å². The van der Waals surface area contributed by atoms with Gasteiger partial charge in [0.1, 0.15) is 18.8 Å². The topological polar surface area (TPSA) is 311 Å². The highest BCUT2D eigenvalue weighted by Crippen LogP contribution is 2.53. The SMILES string of the molecule is O=C(O[C@H]1O[C@H]2COC(=O)c3cc(O)c(O)c(O)c3-c3c(cc(O)c(O)c3O)C(=O)O[C@@H]([C@H]1O)[C@@H]2O)c1cc(O)c(O)c(O)c1. The molecule has 18 heteroatoms. The van der Waals surface area contributed by atoms with Crippen LogP contribution in [0.25, 0.3) is 11.1 Å². The van der Waals surface area contributed by atoms with Crippen molar-refractivity contribution in [3.05, 3.63) is 41.0 Å². The molecule has 2 heterocycles. The molecular weight excluding hydrogens is 612 g/mol. The number of phenols is 9. The molecule has 1 fully saturated rings. The van der Waals surface area contributed by atoms with Gasteiger partial charge in [-0.2, -0.15) is 0 Å². The van der Waals surface area contributed by atoms with Gasteiger partial charge in [-0.25, -0.2) is 14.4 Å². The number of phenolic OH excluding ortho intramolecular Hbond substituents is 9. The van der Waals surface area contributed by atoms with E-state index >= 15 is 0 Å². The minimum absolute atomic E-state index is 0.508. The molecular formula is C27H22O18. The van der Waals surface area contributed by atoms with E-state index in [9.17, 15) is 70.6 Å². The first kappa shape index (κ1) is 30.6. The molecule has 45 heavy (non-hydrogen) atoms. The van der Waals surface area contributed by atoms with Crippen molar-refractivity contribution in [3.63, 3.8) is 0 Å². The average Bonchev–Trinajstić information content (AvgIpc) is 2.99. The predicted molar refractivity (Wildman–Crippen MR) is 139 cm³/mol. The van der Waals surface area contributed by atoms with Crippen molar-refractivity contribution >= 4 is 17.9 Å². The largest absolute Gasteiger partial charge is 0.504 e. The quantitative estimate of drug-likeness (QED) is 0.0979. The van der Waals surface area contributed by atoms with Crippen molar-refractivity contribution in [3.8, 4) is 62.9 Å². The Hall–Kier alpha value is -5.85. The highest BCUT2D eigenvalue weighted by atomic mass is 16.7. The fourth-order valence-corrected chi connectivity index (χ4v) is 4.71. The maximum atomic E-state index is 13.5. The van der Waals surface area contributed by atoms with Gasteiger partial charge in [-0.3, -0.25) is 0 Å². The van der Waals surface area contributed by atoms with Crippen molar-refractivity contribution in [2.24, 2.45) is 0 Å². The number of benzene rings is 3. The molecule has 5 atom stereocenters. The second kappa shape index (κ2) is 11.0. The number of esters is 3. The van der Waals surface area contributed by atoms with Crippen LogP contribution in [0.4, 0.5) is 0 Å². The molecule has 3 aromatic rings. The van der Waals surface area contributed by atoms with Crippen LogP contribution in [0.5, 0.6) is 51.7 Å². The number of carbonyl (C=O) groups excluding carboxylic acids is 3. The van der Waals surface area contributed by atoms with Crippen LogP contribution < -0.4 is 0 Å². The first-order valence-corrected chi connectivity index (χ1v) is 12.5. The van der Waals surface area contributed by atoms with E-state index in [4.69, 9.17) is 18.9 Å². The van der Waals surface area contributed by atoms with Crippen molar-refractivity contribution < 1.29 is 89.5 Å². The summed E-state index contributed by atoms with van der Waals surface area (Å²) < 4.78 is 20.8. The Morgan fingerprint density at radius 2 is 1.16 bits per heavy atom. The van der Waals surface area contributed by atoms with Crippen LogP contribution in [0.2, 0.25) is 0 Å². The third-order valence-electron chi connectivity index (χ3n) is 6.99. The fraction of sp³-hybridized carbons (Fsp3) is 0.222. The van der Waals surface area contributed by atoms with E-state index in [1.807, 2.05) is 0 Å². The van der Waals surface area contributed by atoms with Crippen LogP contribution in [-0.4, -0.2) is 111 Å². The van der Waals surface area contributed by atoms with Crippen LogP contribution in [0, 0.1) is 0 Å². The molecule has 0 radical (unpaired) electrons. The Morgan fingerprint density at radius 1 is 0.667 bits per heavy atom. The summed E-state index contributed by atoms with van der Waals surface area (Å²) in [7, 11) is 0. The summed E-state index contributed by atoms with van der Waals surface area (Å²) in [4.78, 5) is 39.4. The molecule has 0 saturated carbocycles. The maximum absolute atomic E-state index is 13.5. The van der Waals surface area contributed by atoms with Crippen LogP contribution >= 0.6 is 0 Å². The van der Waals surface area contributed by atoms with E-state index in [1.54, 1.807) is 0 Å². The van der Waals surface area contributed by atoms with Crippen molar-refractivity contribution in [2.75, 3.05) is 6.61 Å². The van der Waals surface area contributed by atoms with Crippen molar-refractivity contribution in [1.82, 2.24) is 0 Å². The summed E-state index contributed by atoms with van der Waals surface area (Å²) in [6.07, 6.45) is -10.2. The molecule has 3 aromatic carbocycles. The molecule has 238 valence electrons.